The number of hydrogen-bond donors (Lipinski definition) is 0. The van der Waals surface area contributed by atoms with Gasteiger partial charge in [0.25, 0.3) is 0 Å². The van der Waals surface area contributed by atoms with Crippen molar-refractivity contribution >= 4 is 30.9 Å². The van der Waals surface area contributed by atoms with Crippen LogP contribution >= 0.6 is 0 Å². The molecule has 3 aromatic carbocycles. The van der Waals surface area contributed by atoms with Crippen molar-refractivity contribution in [2.75, 3.05) is 0 Å². The quantitative estimate of drug-likeness (QED) is 0.347. The standard InChI is InChI=1S/C28H29BSi/c1-4-12-25(13-5-1)30(26-14-6-2-7-15-26,27-16-8-3-9-17-27)22-21-23-19-20-24-11-10-18-28(23)29-24/h1-9,12-17,23-24,28-29H,10-11,18-20H2. The molecule has 3 atom stereocenters. The summed E-state index contributed by atoms with van der Waals surface area (Å²) >= 11 is 0. The molecule has 0 aliphatic carbocycles. The largest absolute Gasteiger partial charge is 0.229 e. The first-order chi connectivity index (χ1) is 14.9. The zero-order chi connectivity index (χ0) is 20.2. The third-order valence-corrected chi connectivity index (χ3v) is 11.5. The molecule has 0 spiro atoms. The molecule has 0 radical (unpaired) electrons. The fourth-order valence-electron chi connectivity index (χ4n) is 5.78. The van der Waals surface area contributed by atoms with Crippen LogP contribution in [0.5, 0.6) is 0 Å². The summed E-state index contributed by atoms with van der Waals surface area (Å²) in [4.78, 5) is 0. The highest BCUT2D eigenvalue weighted by Crippen LogP contribution is 2.44. The van der Waals surface area contributed by atoms with E-state index in [1.54, 1.807) is 0 Å². The van der Waals surface area contributed by atoms with Crippen LogP contribution in [-0.4, -0.2) is 15.4 Å². The minimum Gasteiger partial charge on any atom is -0.114 e. The van der Waals surface area contributed by atoms with Crippen molar-refractivity contribution in [2.45, 2.75) is 43.7 Å². The average Bonchev–Trinajstić information content (AvgIpc) is 2.83. The molecule has 2 saturated heterocycles. The van der Waals surface area contributed by atoms with Crippen LogP contribution in [0, 0.1) is 17.4 Å². The van der Waals surface area contributed by atoms with Crippen LogP contribution in [0.3, 0.4) is 0 Å². The van der Waals surface area contributed by atoms with Crippen molar-refractivity contribution < 1.29 is 0 Å². The summed E-state index contributed by atoms with van der Waals surface area (Å²) in [6.07, 6.45) is 6.92. The Bertz CT molecular complexity index is 923. The molecule has 0 saturated carbocycles. The molecule has 0 aromatic heterocycles. The molecule has 2 aliphatic rings. The average molecular weight is 404 g/mol. The van der Waals surface area contributed by atoms with E-state index in [1.165, 1.54) is 54.9 Å². The van der Waals surface area contributed by atoms with Crippen molar-refractivity contribution in [1.29, 1.82) is 0 Å². The topological polar surface area (TPSA) is 0 Å². The summed E-state index contributed by atoms with van der Waals surface area (Å²) in [5, 5.41) is 4.19. The summed E-state index contributed by atoms with van der Waals surface area (Å²) in [6, 6.07) is 33.3. The highest BCUT2D eigenvalue weighted by Gasteiger charge is 2.39. The molecule has 0 nitrogen and oxygen atoms in total. The SMILES string of the molecule is B1C2CCCC1C(C#C[Si](c1ccccc1)(c1ccccc1)c1ccccc1)CC2. The van der Waals surface area contributed by atoms with Gasteiger partial charge in [0.2, 0.25) is 8.07 Å². The van der Waals surface area contributed by atoms with E-state index in [9.17, 15) is 0 Å². The molecule has 148 valence electrons. The van der Waals surface area contributed by atoms with Crippen molar-refractivity contribution in [3.63, 3.8) is 0 Å². The van der Waals surface area contributed by atoms with E-state index in [-0.39, 0.29) is 0 Å². The first-order valence-corrected chi connectivity index (χ1v) is 13.6. The number of fused-ring (bicyclic) bond motifs is 2. The number of rotatable bonds is 3. The summed E-state index contributed by atoms with van der Waals surface area (Å²) in [6.45, 7) is 0. The minimum atomic E-state index is -2.41. The Kier molecular flexibility index (Phi) is 5.65. The normalized spacial score (nSPS) is 23.0. The Labute approximate surface area is 183 Å². The van der Waals surface area contributed by atoms with Crippen molar-refractivity contribution in [2.24, 2.45) is 5.92 Å². The molecule has 2 heterocycles. The van der Waals surface area contributed by atoms with Crippen LogP contribution in [-0.2, 0) is 0 Å². The summed E-state index contributed by atoms with van der Waals surface area (Å²) in [5.41, 5.74) is 4.04. The minimum absolute atomic E-state index is 0.574. The van der Waals surface area contributed by atoms with Gasteiger partial charge in [-0.15, -0.1) is 11.5 Å². The monoisotopic (exact) mass is 404 g/mol. The van der Waals surface area contributed by atoms with Gasteiger partial charge in [0, 0.05) is 5.92 Å². The molecule has 0 N–H and O–H groups in total. The smallest absolute Gasteiger partial charge is 0.114 e. The van der Waals surface area contributed by atoms with Gasteiger partial charge in [-0.05, 0) is 22.0 Å². The van der Waals surface area contributed by atoms with Crippen LogP contribution in [0.2, 0.25) is 11.6 Å². The number of benzene rings is 3. The van der Waals surface area contributed by atoms with E-state index in [2.05, 4.69) is 102 Å². The lowest BCUT2D eigenvalue weighted by Crippen LogP contribution is -2.66. The van der Waals surface area contributed by atoms with Gasteiger partial charge in [-0.1, -0.05) is 128 Å². The molecule has 2 fully saturated rings. The van der Waals surface area contributed by atoms with E-state index < -0.39 is 8.07 Å². The van der Waals surface area contributed by atoms with Gasteiger partial charge in [0.05, 0.1) is 0 Å². The number of hydrogen-bond acceptors (Lipinski definition) is 0. The molecular weight excluding hydrogens is 375 g/mol. The third-order valence-electron chi connectivity index (χ3n) is 7.34. The van der Waals surface area contributed by atoms with Gasteiger partial charge in [0.15, 0.2) is 0 Å². The van der Waals surface area contributed by atoms with Crippen molar-refractivity contribution in [3.8, 4) is 11.5 Å². The molecule has 3 aromatic rings. The van der Waals surface area contributed by atoms with E-state index in [0.29, 0.717) is 5.92 Å². The first kappa shape index (κ1) is 19.5. The van der Waals surface area contributed by atoms with Gasteiger partial charge in [0.1, 0.15) is 7.28 Å². The maximum absolute atomic E-state index is 4.04. The highest BCUT2D eigenvalue weighted by atomic mass is 28.3. The maximum atomic E-state index is 4.04. The van der Waals surface area contributed by atoms with Crippen molar-refractivity contribution in [1.82, 2.24) is 0 Å². The predicted octanol–water partition coefficient (Wildman–Crippen LogP) is 4.31. The first-order valence-electron chi connectivity index (χ1n) is 11.6. The highest BCUT2D eigenvalue weighted by molar-refractivity contribution is 7.16. The Morgan fingerprint density at radius 2 is 1.17 bits per heavy atom. The van der Waals surface area contributed by atoms with Crippen LogP contribution in [0.25, 0.3) is 0 Å². The summed E-state index contributed by atoms with van der Waals surface area (Å²) in [7, 11) is -0.998. The zero-order valence-corrected chi connectivity index (χ0v) is 18.6. The van der Waals surface area contributed by atoms with E-state index in [4.69, 9.17) is 0 Å². The summed E-state index contributed by atoms with van der Waals surface area (Å²) in [5.74, 6) is 6.29. The van der Waals surface area contributed by atoms with Crippen LogP contribution in [0.4, 0.5) is 0 Å². The van der Waals surface area contributed by atoms with Gasteiger partial charge in [-0.25, -0.2) is 0 Å². The van der Waals surface area contributed by atoms with Crippen LogP contribution < -0.4 is 15.6 Å². The van der Waals surface area contributed by atoms with Gasteiger partial charge >= 0.3 is 0 Å². The van der Waals surface area contributed by atoms with Gasteiger partial charge in [-0.3, -0.25) is 0 Å². The van der Waals surface area contributed by atoms with Gasteiger partial charge in [-0.2, -0.15) is 0 Å². The molecule has 2 heteroatoms. The molecule has 5 rings (SSSR count). The zero-order valence-electron chi connectivity index (χ0n) is 17.6. The molecule has 30 heavy (non-hydrogen) atoms. The lowest BCUT2D eigenvalue weighted by molar-refractivity contribution is 0.399. The second-order valence-electron chi connectivity index (χ2n) is 9.09. The second kappa shape index (κ2) is 8.70. The van der Waals surface area contributed by atoms with E-state index in [1.807, 2.05) is 0 Å². The van der Waals surface area contributed by atoms with E-state index in [0.717, 1.165) is 11.6 Å². The molecular formula is C28H29BSi. The van der Waals surface area contributed by atoms with E-state index >= 15 is 0 Å². The summed E-state index contributed by atoms with van der Waals surface area (Å²) < 4.78 is 0. The third kappa shape index (κ3) is 3.68. The molecule has 2 bridgehead atoms. The Morgan fingerprint density at radius 3 is 1.70 bits per heavy atom. The van der Waals surface area contributed by atoms with Crippen LogP contribution in [0.1, 0.15) is 32.1 Å². The molecule has 0 amide bonds. The fraction of sp³-hybridized carbons (Fsp3) is 0.286. The maximum Gasteiger partial charge on any atom is 0.229 e. The second-order valence-corrected chi connectivity index (χ2v) is 12.6. The lowest BCUT2D eigenvalue weighted by atomic mass is 9.41. The fourth-order valence-corrected chi connectivity index (χ4v) is 9.70. The Morgan fingerprint density at radius 1 is 0.633 bits per heavy atom. The lowest BCUT2D eigenvalue weighted by Gasteiger charge is -2.37. The van der Waals surface area contributed by atoms with Crippen molar-refractivity contribution in [3.05, 3.63) is 91.0 Å². The molecule has 2 aliphatic heterocycles. The Hall–Kier alpha value is -2.50. The van der Waals surface area contributed by atoms with Gasteiger partial charge < -0.3 is 0 Å². The molecule has 3 unspecified atom stereocenters. The Balaban J connectivity index is 1.67. The van der Waals surface area contributed by atoms with Crippen LogP contribution in [0.15, 0.2) is 91.0 Å². The predicted molar refractivity (Wildman–Crippen MR) is 133 cm³/mol.